The summed E-state index contributed by atoms with van der Waals surface area (Å²) in [6.07, 6.45) is 0.662. The van der Waals surface area contributed by atoms with Crippen molar-refractivity contribution in [3.05, 3.63) is 35.9 Å². The van der Waals surface area contributed by atoms with E-state index < -0.39 is 103 Å². The van der Waals surface area contributed by atoms with Crippen molar-refractivity contribution in [3.8, 4) is 0 Å². The van der Waals surface area contributed by atoms with Crippen molar-refractivity contribution in [2.75, 3.05) is 19.7 Å². The molecular formula is C35H52N8O9. The average molecular weight is 729 g/mol. The first-order valence-electron chi connectivity index (χ1n) is 17.7. The number of hydrogen-bond acceptors (Lipinski definition) is 9. The van der Waals surface area contributed by atoms with E-state index in [4.69, 9.17) is 5.73 Å². The van der Waals surface area contributed by atoms with E-state index in [1.54, 1.807) is 51.1 Å². The normalized spacial score (nSPS) is 26.5. The fourth-order valence-corrected chi connectivity index (χ4v) is 6.13. The Labute approximate surface area is 302 Å². The maximum atomic E-state index is 14.0. The van der Waals surface area contributed by atoms with Crippen molar-refractivity contribution in [1.82, 2.24) is 36.8 Å². The Morgan fingerprint density at radius 2 is 1.42 bits per heavy atom. The van der Waals surface area contributed by atoms with Crippen molar-refractivity contribution in [2.24, 2.45) is 17.6 Å². The van der Waals surface area contributed by atoms with Crippen LogP contribution in [0.1, 0.15) is 65.4 Å². The summed E-state index contributed by atoms with van der Waals surface area (Å²) in [7, 11) is 0. The van der Waals surface area contributed by atoms with Crippen LogP contribution >= 0.6 is 0 Å². The number of primary amides is 1. The minimum Gasteiger partial charge on any atom is -0.394 e. The number of benzene rings is 1. The Bertz CT molecular complexity index is 1470. The standard InChI is InChI=1S/C35H52N8O9/c1-5-20(4)29-35(52)43-13-9-12-26(43)34(51)40-23(15-21-10-7-6-8-11-21)31(48)39-24(16-27(36)45)32(49)41-25(18-44)33(50)38-22(14-19(2)3)30(47)37-17-28(46)42-29/h6-8,10-11,19-20,22-26,29,44H,5,9,12-18H2,1-4H3,(H2,36,45)(H,37,47)(H,38,50)(H,39,48)(H,40,51)(H,41,49)(H,42,46)/t20-,22-,23-,24-,25-,26-,29-/m0/s1. The van der Waals surface area contributed by atoms with Gasteiger partial charge in [-0.2, -0.15) is 0 Å². The highest BCUT2D eigenvalue weighted by Crippen LogP contribution is 2.22. The molecule has 7 atom stereocenters. The summed E-state index contributed by atoms with van der Waals surface area (Å²) in [5.41, 5.74) is 6.05. The van der Waals surface area contributed by atoms with Crippen LogP contribution < -0.4 is 37.6 Å². The van der Waals surface area contributed by atoms with Gasteiger partial charge in [-0.05, 0) is 36.7 Å². The van der Waals surface area contributed by atoms with Gasteiger partial charge in [0.2, 0.25) is 47.3 Å². The number of carbonyl (C=O) groups is 8. The summed E-state index contributed by atoms with van der Waals surface area (Å²) in [6.45, 7) is 5.99. The lowest BCUT2D eigenvalue weighted by Gasteiger charge is -2.32. The molecule has 17 nitrogen and oxygen atoms in total. The highest BCUT2D eigenvalue weighted by molar-refractivity contribution is 5.99. The second-order valence-corrected chi connectivity index (χ2v) is 13.8. The zero-order valence-electron chi connectivity index (χ0n) is 30.1. The van der Waals surface area contributed by atoms with Crippen molar-refractivity contribution in [3.63, 3.8) is 0 Å². The molecule has 1 aromatic rings. The van der Waals surface area contributed by atoms with E-state index in [1.165, 1.54) is 4.90 Å². The number of hydrogen-bond donors (Lipinski definition) is 8. The molecule has 2 heterocycles. The summed E-state index contributed by atoms with van der Waals surface area (Å²) in [6, 6.07) is 0.967. The summed E-state index contributed by atoms with van der Waals surface area (Å²) >= 11 is 0. The molecule has 8 amide bonds. The Balaban J connectivity index is 2.05. The molecule has 2 fully saturated rings. The van der Waals surface area contributed by atoms with Crippen LogP contribution in [0.5, 0.6) is 0 Å². The highest BCUT2D eigenvalue weighted by Gasteiger charge is 2.41. The topological polar surface area (TPSA) is 258 Å². The number of nitrogens with two attached hydrogens (primary N) is 1. The molecule has 52 heavy (non-hydrogen) atoms. The minimum absolute atomic E-state index is 0.0323. The van der Waals surface area contributed by atoms with Gasteiger partial charge in [0.25, 0.3) is 0 Å². The van der Waals surface area contributed by atoms with Crippen molar-refractivity contribution in [1.29, 1.82) is 0 Å². The van der Waals surface area contributed by atoms with Crippen LogP contribution in [0.15, 0.2) is 30.3 Å². The smallest absolute Gasteiger partial charge is 0.246 e. The summed E-state index contributed by atoms with van der Waals surface area (Å²) in [5.74, 6) is -6.82. The number of nitrogens with zero attached hydrogens (tertiary/aromatic N) is 1. The number of aliphatic hydroxyl groups is 1. The van der Waals surface area contributed by atoms with Crippen LogP contribution in [0, 0.1) is 11.8 Å². The predicted molar refractivity (Wildman–Crippen MR) is 187 cm³/mol. The molecule has 0 bridgehead atoms. The van der Waals surface area contributed by atoms with Crippen molar-refractivity contribution < 1.29 is 43.5 Å². The lowest BCUT2D eigenvalue weighted by Crippen LogP contribution is -2.60. The van der Waals surface area contributed by atoms with E-state index in [1.807, 2.05) is 6.92 Å². The van der Waals surface area contributed by atoms with Gasteiger partial charge in [-0.15, -0.1) is 0 Å². The Morgan fingerprint density at radius 1 is 0.827 bits per heavy atom. The molecule has 286 valence electrons. The lowest BCUT2D eigenvalue weighted by atomic mass is 9.97. The number of amides is 8. The van der Waals surface area contributed by atoms with Gasteiger partial charge in [0.1, 0.15) is 36.3 Å². The first-order chi connectivity index (χ1) is 24.6. The monoisotopic (exact) mass is 728 g/mol. The van der Waals surface area contributed by atoms with E-state index in [0.29, 0.717) is 18.4 Å². The molecule has 2 aliphatic heterocycles. The Kier molecular flexibility index (Phi) is 15.5. The number of rotatable bonds is 9. The number of carbonyl (C=O) groups excluding carboxylic acids is 8. The van der Waals surface area contributed by atoms with Crippen LogP contribution in [0.25, 0.3) is 0 Å². The van der Waals surface area contributed by atoms with Gasteiger partial charge in [0.05, 0.1) is 19.6 Å². The average Bonchev–Trinajstić information content (AvgIpc) is 3.60. The maximum Gasteiger partial charge on any atom is 0.246 e. The van der Waals surface area contributed by atoms with Gasteiger partial charge in [-0.1, -0.05) is 64.4 Å². The van der Waals surface area contributed by atoms with Crippen LogP contribution in [0.4, 0.5) is 0 Å². The maximum absolute atomic E-state index is 14.0. The second kappa shape index (κ2) is 19.5. The largest absolute Gasteiger partial charge is 0.394 e. The van der Waals surface area contributed by atoms with Gasteiger partial charge in [-0.3, -0.25) is 38.4 Å². The van der Waals surface area contributed by atoms with Gasteiger partial charge < -0.3 is 47.6 Å². The molecule has 0 saturated carbocycles. The highest BCUT2D eigenvalue weighted by atomic mass is 16.3. The zero-order chi connectivity index (χ0) is 38.5. The van der Waals surface area contributed by atoms with E-state index >= 15 is 0 Å². The van der Waals surface area contributed by atoms with Crippen LogP contribution in [-0.4, -0.2) is 113 Å². The first-order valence-corrected chi connectivity index (χ1v) is 17.7. The SMILES string of the molecule is CC[C@H](C)[C@@H]1NC(=O)CNC(=O)[C@H](CC(C)C)NC(=O)[C@H](CO)NC(=O)[C@H](CC(N)=O)NC(=O)[C@H](Cc2ccccc2)NC(=O)[C@@H]2CCCN2C1=O. The molecule has 1 aromatic carbocycles. The molecular weight excluding hydrogens is 676 g/mol. The molecule has 0 spiro atoms. The van der Waals surface area contributed by atoms with Crippen molar-refractivity contribution >= 4 is 47.3 Å². The van der Waals surface area contributed by atoms with Crippen LogP contribution in [0.2, 0.25) is 0 Å². The molecule has 2 aliphatic rings. The van der Waals surface area contributed by atoms with Gasteiger partial charge in [0.15, 0.2) is 0 Å². The third-order valence-electron chi connectivity index (χ3n) is 9.17. The van der Waals surface area contributed by atoms with Gasteiger partial charge in [0, 0.05) is 13.0 Å². The minimum atomic E-state index is -1.62. The number of nitrogens with one attached hydrogen (secondary N) is 6. The number of aliphatic hydroxyl groups excluding tert-OH is 1. The molecule has 0 unspecified atom stereocenters. The van der Waals surface area contributed by atoms with Gasteiger partial charge in [-0.25, -0.2) is 0 Å². The second-order valence-electron chi connectivity index (χ2n) is 13.8. The summed E-state index contributed by atoms with van der Waals surface area (Å²) in [5, 5.41) is 25.2. The fraction of sp³-hybridized carbons (Fsp3) is 0.600. The third kappa shape index (κ3) is 11.7. The van der Waals surface area contributed by atoms with Crippen LogP contribution in [0.3, 0.4) is 0 Å². The number of fused-ring (bicyclic) bond motifs is 1. The predicted octanol–water partition coefficient (Wildman–Crippen LogP) is -2.27. The molecule has 0 aromatic heterocycles. The zero-order valence-corrected chi connectivity index (χ0v) is 30.1. The molecule has 0 radical (unpaired) electrons. The quantitative estimate of drug-likeness (QED) is 0.136. The molecule has 17 heteroatoms. The van der Waals surface area contributed by atoms with Gasteiger partial charge >= 0.3 is 0 Å². The summed E-state index contributed by atoms with van der Waals surface area (Å²) in [4.78, 5) is 108. The Hall–Kier alpha value is -5.06. The molecule has 0 aliphatic carbocycles. The molecule has 2 saturated heterocycles. The Morgan fingerprint density at radius 3 is 2.04 bits per heavy atom. The van der Waals surface area contributed by atoms with E-state index in [9.17, 15) is 43.5 Å². The van der Waals surface area contributed by atoms with Crippen LogP contribution in [-0.2, 0) is 44.8 Å². The molecule has 3 rings (SSSR count). The third-order valence-corrected chi connectivity index (χ3v) is 9.17. The first kappa shape index (κ1) is 41.4. The van der Waals surface area contributed by atoms with E-state index in [0.717, 1.165) is 0 Å². The molecule has 9 N–H and O–H groups in total. The lowest BCUT2D eigenvalue weighted by molar-refractivity contribution is -0.143. The van der Waals surface area contributed by atoms with E-state index in [-0.39, 0.29) is 37.6 Å². The van der Waals surface area contributed by atoms with Crippen molar-refractivity contribution in [2.45, 2.75) is 102 Å². The summed E-state index contributed by atoms with van der Waals surface area (Å²) < 4.78 is 0. The fourth-order valence-electron chi connectivity index (χ4n) is 6.13. The van der Waals surface area contributed by atoms with E-state index in [2.05, 4.69) is 31.9 Å².